The van der Waals surface area contributed by atoms with Gasteiger partial charge >= 0.3 is 17.8 Å². The Bertz CT molecular complexity index is 1070. The molecule has 0 bridgehead atoms. The van der Waals surface area contributed by atoms with E-state index in [1.54, 1.807) is 78.9 Å². The van der Waals surface area contributed by atoms with Gasteiger partial charge in [0, 0.05) is 10.2 Å². The number of anilines is 1. The minimum atomic E-state index is -0.893. The molecule has 0 saturated carbocycles. The molecule has 0 saturated heterocycles. The number of halogens is 1. The number of esters is 1. The normalized spacial score (nSPS) is 10.4. The molecule has 8 heteroatoms. The quantitative estimate of drug-likeness (QED) is 0.197. The first-order chi connectivity index (χ1) is 14.5. The van der Waals surface area contributed by atoms with E-state index in [0.717, 1.165) is 4.47 Å². The first-order valence-electron chi connectivity index (χ1n) is 8.78. The molecule has 0 aliphatic heterocycles. The van der Waals surface area contributed by atoms with E-state index < -0.39 is 17.8 Å². The van der Waals surface area contributed by atoms with E-state index in [2.05, 4.69) is 31.8 Å². The first kappa shape index (κ1) is 20.9. The SMILES string of the molecule is O=C(N/N=C/c1ccc(OC(=O)c2ccc(Br)cc2)cc1)C(=O)Nc1ccccc1. The third kappa shape index (κ3) is 6.11. The van der Waals surface area contributed by atoms with Crippen molar-refractivity contribution < 1.29 is 19.1 Å². The van der Waals surface area contributed by atoms with Crippen LogP contribution in [0, 0.1) is 0 Å². The molecule has 0 aliphatic carbocycles. The van der Waals surface area contributed by atoms with Crippen molar-refractivity contribution in [3.05, 3.63) is 94.5 Å². The fraction of sp³-hybridized carbons (Fsp3) is 0. The van der Waals surface area contributed by atoms with Gasteiger partial charge in [-0.05, 0) is 66.2 Å². The van der Waals surface area contributed by atoms with Gasteiger partial charge in [-0.1, -0.05) is 34.1 Å². The summed E-state index contributed by atoms with van der Waals surface area (Å²) >= 11 is 3.31. The molecule has 0 aliphatic rings. The number of amides is 2. The summed E-state index contributed by atoms with van der Waals surface area (Å²) in [6, 6.07) is 21.9. The number of para-hydroxylation sites is 1. The Labute approximate surface area is 180 Å². The Morgan fingerprint density at radius 1 is 0.833 bits per heavy atom. The van der Waals surface area contributed by atoms with Crippen LogP contribution in [0.4, 0.5) is 5.69 Å². The minimum Gasteiger partial charge on any atom is -0.423 e. The smallest absolute Gasteiger partial charge is 0.343 e. The highest BCUT2D eigenvalue weighted by Gasteiger charge is 2.12. The van der Waals surface area contributed by atoms with Crippen LogP contribution in [-0.4, -0.2) is 24.0 Å². The molecule has 2 N–H and O–H groups in total. The minimum absolute atomic E-state index is 0.367. The highest BCUT2D eigenvalue weighted by molar-refractivity contribution is 9.10. The Morgan fingerprint density at radius 3 is 2.17 bits per heavy atom. The Hall–Kier alpha value is -3.78. The number of hydrogen-bond acceptors (Lipinski definition) is 5. The fourth-order valence-electron chi connectivity index (χ4n) is 2.30. The number of hydrogen-bond donors (Lipinski definition) is 2. The van der Waals surface area contributed by atoms with Crippen molar-refractivity contribution >= 4 is 45.6 Å². The number of carbonyl (C=O) groups excluding carboxylic acids is 3. The van der Waals surface area contributed by atoms with Gasteiger partial charge in [-0.25, -0.2) is 10.2 Å². The van der Waals surface area contributed by atoms with Gasteiger partial charge in [0.05, 0.1) is 11.8 Å². The van der Waals surface area contributed by atoms with Gasteiger partial charge in [0.25, 0.3) is 0 Å². The molecule has 3 rings (SSSR count). The van der Waals surface area contributed by atoms with Crippen LogP contribution < -0.4 is 15.5 Å². The van der Waals surface area contributed by atoms with Crippen LogP contribution in [0.1, 0.15) is 15.9 Å². The van der Waals surface area contributed by atoms with Gasteiger partial charge in [0.15, 0.2) is 0 Å². The van der Waals surface area contributed by atoms with Crippen LogP contribution in [-0.2, 0) is 9.59 Å². The van der Waals surface area contributed by atoms with E-state index in [-0.39, 0.29) is 0 Å². The van der Waals surface area contributed by atoms with E-state index in [0.29, 0.717) is 22.6 Å². The Kier molecular flexibility index (Phi) is 7.07. The fourth-order valence-corrected chi connectivity index (χ4v) is 2.56. The van der Waals surface area contributed by atoms with Crippen molar-refractivity contribution in [1.82, 2.24) is 5.43 Å². The number of rotatable bonds is 5. The molecular formula is C22H16BrN3O4. The second-order valence-corrected chi connectivity index (χ2v) is 6.90. The lowest BCUT2D eigenvalue weighted by atomic mass is 10.2. The maximum Gasteiger partial charge on any atom is 0.343 e. The highest BCUT2D eigenvalue weighted by atomic mass is 79.9. The zero-order valence-corrected chi connectivity index (χ0v) is 17.1. The van der Waals surface area contributed by atoms with E-state index >= 15 is 0 Å². The third-order valence-electron chi connectivity index (χ3n) is 3.79. The van der Waals surface area contributed by atoms with Gasteiger partial charge in [-0.3, -0.25) is 9.59 Å². The van der Waals surface area contributed by atoms with Crippen LogP contribution >= 0.6 is 15.9 Å². The molecule has 0 unspecified atom stereocenters. The monoisotopic (exact) mass is 465 g/mol. The van der Waals surface area contributed by atoms with Crippen molar-refractivity contribution in [3.63, 3.8) is 0 Å². The summed E-state index contributed by atoms with van der Waals surface area (Å²) in [5, 5.41) is 6.21. The van der Waals surface area contributed by atoms with Crippen LogP contribution in [0.15, 0.2) is 88.4 Å². The summed E-state index contributed by atoms with van der Waals surface area (Å²) in [5.41, 5.74) is 3.73. The zero-order chi connectivity index (χ0) is 21.3. The first-order valence-corrected chi connectivity index (χ1v) is 9.58. The average Bonchev–Trinajstić information content (AvgIpc) is 2.76. The molecule has 3 aromatic rings. The lowest BCUT2D eigenvalue weighted by Crippen LogP contribution is -2.32. The second kappa shape index (κ2) is 10.1. The lowest BCUT2D eigenvalue weighted by Gasteiger charge is -2.05. The number of nitrogens with zero attached hydrogens (tertiary/aromatic N) is 1. The van der Waals surface area contributed by atoms with E-state index in [4.69, 9.17) is 4.74 Å². The Morgan fingerprint density at radius 2 is 1.50 bits per heavy atom. The summed E-state index contributed by atoms with van der Waals surface area (Å²) in [6.07, 6.45) is 1.37. The van der Waals surface area contributed by atoms with Crippen LogP contribution in [0.25, 0.3) is 0 Å². The number of hydrazone groups is 1. The second-order valence-electron chi connectivity index (χ2n) is 5.98. The molecule has 150 valence electrons. The summed E-state index contributed by atoms with van der Waals surface area (Å²) in [6.45, 7) is 0. The Balaban J connectivity index is 1.50. The maximum atomic E-state index is 12.1. The molecule has 7 nitrogen and oxygen atoms in total. The van der Waals surface area contributed by atoms with Crippen molar-refractivity contribution in [1.29, 1.82) is 0 Å². The number of nitrogens with one attached hydrogen (secondary N) is 2. The molecule has 0 spiro atoms. The van der Waals surface area contributed by atoms with E-state index in [9.17, 15) is 14.4 Å². The van der Waals surface area contributed by atoms with Crippen molar-refractivity contribution in [3.8, 4) is 5.75 Å². The molecule has 0 fully saturated rings. The highest BCUT2D eigenvalue weighted by Crippen LogP contribution is 2.15. The largest absolute Gasteiger partial charge is 0.423 e. The summed E-state index contributed by atoms with van der Waals surface area (Å²) in [4.78, 5) is 35.7. The predicted molar refractivity (Wildman–Crippen MR) is 116 cm³/mol. The summed E-state index contributed by atoms with van der Waals surface area (Å²) in [5.74, 6) is -1.82. The standard InChI is InChI=1S/C22H16BrN3O4/c23-17-10-8-16(9-11-17)22(29)30-19-12-6-15(7-13-19)14-24-26-21(28)20(27)25-18-4-2-1-3-5-18/h1-14H,(H,25,27)(H,26,28)/b24-14+. The molecule has 30 heavy (non-hydrogen) atoms. The summed E-state index contributed by atoms with van der Waals surface area (Å²) < 4.78 is 6.17. The zero-order valence-electron chi connectivity index (χ0n) is 15.5. The van der Waals surface area contributed by atoms with Gasteiger partial charge < -0.3 is 10.1 Å². The molecule has 3 aromatic carbocycles. The van der Waals surface area contributed by atoms with Crippen molar-refractivity contribution in [2.75, 3.05) is 5.32 Å². The molecule has 0 aromatic heterocycles. The number of ether oxygens (including phenoxy) is 1. The molecular weight excluding hydrogens is 450 g/mol. The predicted octanol–water partition coefficient (Wildman–Crippen LogP) is 3.76. The average molecular weight is 466 g/mol. The van der Waals surface area contributed by atoms with Crippen molar-refractivity contribution in [2.45, 2.75) is 0 Å². The van der Waals surface area contributed by atoms with Gasteiger partial charge in [0.1, 0.15) is 5.75 Å². The third-order valence-corrected chi connectivity index (χ3v) is 4.32. The number of carbonyl (C=O) groups is 3. The van der Waals surface area contributed by atoms with E-state index in [1.807, 2.05) is 0 Å². The van der Waals surface area contributed by atoms with Crippen LogP contribution in [0.2, 0.25) is 0 Å². The topological polar surface area (TPSA) is 96.9 Å². The van der Waals surface area contributed by atoms with Crippen molar-refractivity contribution in [2.24, 2.45) is 5.10 Å². The lowest BCUT2D eigenvalue weighted by molar-refractivity contribution is -0.136. The van der Waals surface area contributed by atoms with Gasteiger partial charge in [-0.15, -0.1) is 0 Å². The molecule has 0 atom stereocenters. The maximum absolute atomic E-state index is 12.1. The van der Waals surface area contributed by atoms with Gasteiger partial charge in [0.2, 0.25) is 0 Å². The van der Waals surface area contributed by atoms with Gasteiger partial charge in [-0.2, -0.15) is 5.10 Å². The van der Waals surface area contributed by atoms with Crippen LogP contribution in [0.5, 0.6) is 5.75 Å². The van der Waals surface area contributed by atoms with E-state index in [1.165, 1.54) is 6.21 Å². The molecule has 0 radical (unpaired) electrons. The van der Waals surface area contributed by atoms with Crippen LogP contribution in [0.3, 0.4) is 0 Å². The summed E-state index contributed by atoms with van der Waals surface area (Å²) in [7, 11) is 0. The molecule has 0 heterocycles. The molecule has 2 amide bonds. The number of benzene rings is 3.